The van der Waals surface area contributed by atoms with E-state index in [0.717, 1.165) is 16.0 Å². The fraction of sp³-hybridized carbons (Fsp3) is 0.294. The number of anilines is 1. The molecule has 1 aliphatic heterocycles. The lowest BCUT2D eigenvalue weighted by atomic mass is 10.1. The van der Waals surface area contributed by atoms with E-state index in [2.05, 4.69) is 5.10 Å². The summed E-state index contributed by atoms with van der Waals surface area (Å²) in [5.74, 6) is -0.245. The number of nitriles is 1. The molecule has 1 saturated heterocycles. The van der Waals surface area contributed by atoms with Crippen molar-refractivity contribution in [2.75, 3.05) is 19.4 Å². The third-order valence-electron chi connectivity index (χ3n) is 4.23. The second-order valence-electron chi connectivity index (χ2n) is 5.83. The number of benzene rings is 1. The first-order chi connectivity index (χ1) is 12.0. The molecule has 0 unspecified atom stereocenters. The first-order valence-electron chi connectivity index (χ1n) is 7.72. The predicted octanol–water partition coefficient (Wildman–Crippen LogP) is 1.03. The maximum absolute atomic E-state index is 12.5. The van der Waals surface area contributed by atoms with Crippen LogP contribution >= 0.6 is 0 Å². The Kier molecular flexibility index (Phi) is 4.39. The minimum atomic E-state index is -0.528. The van der Waals surface area contributed by atoms with Gasteiger partial charge in [-0.25, -0.2) is 0 Å². The van der Waals surface area contributed by atoms with Crippen LogP contribution in [0.4, 0.5) is 5.82 Å². The summed E-state index contributed by atoms with van der Waals surface area (Å²) < 4.78 is 6.12. The molecule has 0 bridgehead atoms. The van der Waals surface area contributed by atoms with Gasteiger partial charge in [0.15, 0.2) is 0 Å². The molecule has 1 aromatic heterocycles. The largest absolute Gasteiger partial charge is 0.497 e. The summed E-state index contributed by atoms with van der Waals surface area (Å²) in [7, 11) is 1.59. The quantitative estimate of drug-likeness (QED) is 0.890. The van der Waals surface area contributed by atoms with E-state index in [1.54, 1.807) is 12.0 Å². The van der Waals surface area contributed by atoms with Crippen LogP contribution in [0, 0.1) is 17.2 Å². The van der Waals surface area contributed by atoms with Gasteiger partial charge in [0.1, 0.15) is 23.2 Å². The van der Waals surface area contributed by atoms with Gasteiger partial charge >= 0.3 is 0 Å². The Morgan fingerprint density at radius 2 is 2.16 bits per heavy atom. The second kappa shape index (κ2) is 6.65. The molecule has 0 spiro atoms. The van der Waals surface area contributed by atoms with Crippen LogP contribution in [0.5, 0.6) is 5.75 Å². The third kappa shape index (κ3) is 3.17. The SMILES string of the molecule is COc1ccc(CN2C[C@H](C(=O)n3ncc(C#N)c3N)CC2=O)cc1. The molecule has 128 valence electrons. The summed E-state index contributed by atoms with van der Waals surface area (Å²) in [6.07, 6.45) is 1.36. The van der Waals surface area contributed by atoms with Gasteiger partial charge in [0.25, 0.3) is 5.91 Å². The number of aromatic nitrogens is 2. The van der Waals surface area contributed by atoms with E-state index in [1.165, 1.54) is 6.20 Å². The van der Waals surface area contributed by atoms with E-state index in [0.29, 0.717) is 13.1 Å². The molecule has 0 aliphatic carbocycles. The summed E-state index contributed by atoms with van der Waals surface area (Å²) >= 11 is 0. The topological polar surface area (TPSA) is 114 Å². The van der Waals surface area contributed by atoms with Gasteiger partial charge < -0.3 is 15.4 Å². The molecule has 25 heavy (non-hydrogen) atoms. The smallest absolute Gasteiger partial charge is 0.254 e. The lowest BCUT2D eigenvalue weighted by molar-refractivity contribution is -0.128. The number of carbonyl (C=O) groups is 2. The summed E-state index contributed by atoms with van der Waals surface area (Å²) in [5.41, 5.74) is 6.85. The molecule has 1 aromatic carbocycles. The number of hydrogen-bond acceptors (Lipinski definition) is 6. The molecule has 8 heteroatoms. The van der Waals surface area contributed by atoms with Crippen LogP contribution in [0.2, 0.25) is 0 Å². The molecular formula is C17H17N5O3. The highest BCUT2D eigenvalue weighted by Gasteiger charge is 2.36. The molecule has 1 fully saturated rings. The molecule has 1 atom stereocenters. The maximum atomic E-state index is 12.5. The average molecular weight is 339 g/mol. The van der Waals surface area contributed by atoms with Crippen molar-refractivity contribution in [1.29, 1.82) is 5.26 Å². The summed E-state index contributed by atoms with van der Waals surface area (Å²) in [5, 5.41) is 12.8. The number of carbonyl (C=O) groups excluding carboxylic acids is 2. The number of rotatable bonds is 4. The van der Waals surface area contributed by atoms with Crippen LogP contribution in [-0.4, -0.2) is 40.1 Å². The van der Waals surface area contributed by atoms with E-state index < -0.39 is 5.92 Å². The van der Waals surface area contributed by atoms with Crippen molar-refractivity contribution in [2.45, 2.75) is 13.0 Å². The highest BCUT2D eigenvalue weighted by Crippen LogP contribution is 2.24. The zero-order valence-electron chi connectivity index (χ0n) is 13.7. The number of amides is 1. The first-order valence-corrected chi connectivity index (χ1v) is 7.72. The van der Waals surface area contributed by atoms with Crippen LogP contribution < -0.4 is 10.5 Å². The van der Waals surface area contributed by atoms with Crippen molar-refractivity contribution in [3.05, 3.63) is 41.6 Å². The Labute approximate surface area is 144 Å². The zero-order chi connectivity index (χ0) is 18.0. The normalized spacial score (nSPS) is 16.7. The van der Waals surface area contributed by atoms with Crippen molar-refractivity contribution in [2.24, 2.45) is 5.92 Å². The van der Waals surface area contributed by atoms with Gasteiger partial charge in [-0.15, -0.1) is 0 Å². The standard InChI is InChI=1S/C17H17N5O3/c1-25-14-4-2-11(3-5-14)9-21-10-12(6-15(21)23)17(24)22-16(19)13(7-18)8-20-22/h2-5,8,12H,6,9-10,19H2,1H3/t12-/m1/s1. The number of ether oxygens (including phenoxy) is 1. The van der Waals surface area contributed by atoms with Gasteiger partial charge in [0.05, 0.1) is 19.2 Å². The summed E-state index contributed by atoms with van der Waals surface area (Å²) in [4.78, 5) is 26.4. The number of likely N-dealkylation sites (tertiary alicyclic amines) is 1. The molecule has 0 saturated carbocycles. The highest BCUT2D eigenvalue weighted by molar-refractivity contribution is 5.91. The summed E-state index contributed by atoms with van der Waals surface area (Å²) in [6, 6.07) is 9.29. The Hall–Kier alpha value is -3.34. The minimum absolute atomic E-state index is 0.00792. The Morgan fingerprint density at radius 3 is 2.76 bits per heavy atom. The number of nitrogens with two attached hydrogens (primary N) is 1. The van der Waals surface area contributed by atoms with Crippen molar-refractivity contribution in [3.8, 4) is 11.8 Å². The second-order valence-corrected chi connectivity index (χ2v) is 5.83. The van der Waals surface area contributed by atoms with E-state index >= 15 is 0 Å². The molecule has 2 aromatic rings. The van der Waals surface area contributed by atoms with Crippen LogP contribution in [0.15, 0.2) is 30.5 Å². The third-order valence-corrected chi connectivity index (χ3v) is 4.23. The van der Waals surface area contributed by atoms with E-state index in [4.69, 9.17) is 15.7 Å². The Balaban J connectivity index is 1.70. The molecular weight excluding hydrogens is 322 g/mol. The van der Waals surface area contributed by atoms with Crippen LogP contribution in [0.25, 0.3) is 0 Å². The van der Waals surface area contributed by atoms with Crippen molar-refractivity contribution in [3.63, 3.8) is 0 Å². The predicted molar refractivity (Wildman–Crippen MR) is 88.5 cm³/mol. The zero-order valence-corrected chi connectivity index (χ0v) is 13.7. The lowest BCUT2D eigenvalue weighted by Crippen LogP contribution is -2.28. The van der Waals surface area contributed by atoms with E-state index in [-0.39, 0.29) is 29.6 Å². The summed E-state index contributed by atoms with van der Waals surface area (Å²) in [6.45, 7) is 0.718. The van der Waals surface area contributed by atoms with E-state index in [9.17, 15) is 9.59 Å². The number of hydrogen-bond donors (Lipinski definition) is 1. The monoisotopic (exact) mass is 339 g/mol. The molecule has 2 heterocycles. The van der Waals surface area contributed by atoms with Crippen LogP contribution in [0.1, 0.15) is 22.3 Å². The van der Waals surface area contributed by atoms with Gasteiger partial charge in [0.2, 0.25) is 5.91 Å². The van der Waals surface area contributed by atoms with Gasteiger partial charge in [-0.05, 0) is 17.7 Å². The van der Waals surface area contributed by atoms with Crippen molar-refractivity contribution in [1.82, 2.24) is 14.7 Å². The van der Waals surface area contributed by atoms with Crippen LogP contribution in [0.3, 0.4) is 0 Å². The molecule has 3 rings (SSSR count). The molecule has 1 aliphatic rings. The first kappa shape index (κ1) is 16.5. The molecule has 0 radical (unpaired) electrons. The van der Waals surface area contributed by atoms with E-state index in [1.807, 2.05) is 30.3 Å². The van der Waals surface area contributed by atoms with Gasteiger partial charge in [0, 0.05) is 19.5 Å². The molecule has 2 N–H and O–H groups in total. The average Bonchev–Trinajstić information content (AvgIpc) is 3.18. The Bertz CT molecular complexity index is 850. The Morgan fingerprint density at radius 1 is 1.44 bits per heavy atom. The van der Waals surface area contributed by atoms with Gasteiger partial charge in [-0.3, -0.25) is 9.59 Å². The maximum Gasteiger partial charge on any atom is 0.254 e. The lowest BCUT2D eigenvalue weighted by Gasteiger charge is -2.16. The highest BCUT2D eigenvalue weighted by atomic mass is 16.5. The molecule has 1 amide bonds. The van der Waals surface area contributed by atoms with Gasteiger partial charge in [-0.2, -0.15) is 15.0 Å². The number of methoxy groups -OCH3 is 1. The molecule has 8 nitrogen and oxygen atoms in total. The minimum Gasteiger partial charge on any atom is -0.497 e. The van der Waals surface area contributed by atoms with Crippen LogP contribution in [-0.2, 0) is 11.3 Å². The van der Waals surface area contributed by atoms with Crippen molar-refractivity contribution < 1.29 is 14.3 Å². The van der Waals surface area contributed by atoms with Gasteiger partial charge in [-0.1, -0.05) is 12.1 Å². The number of nitrogens with zero attached hydrogens (tertiary/aromatic N) is 4. The fourth-order valence-electron chi connectivity index (χ4n) is 2.83. The fourth-order valence-corrected chi connectivity index (χ4v) is 2.83. The van der Waals surface area contributed by atoms with Crippen molar-refractivity contribution >= 4 is 17.6 Å². The number of nitrogen functional groups attached to an aromatic ring is 1.